The predicted octanol–water partition coefficient (Wildman–Crippen LogP) is 3.66. The molecular weight excluding hydrogens is 510 g/mol. The van der Waals surface area contributed by atoms with Gasteiger partial charge in [0.25, 0.3) is 0 Å². The molecule has 3 heterocycles. The van der Waals surface area contributed by atoms with Crippen molar-refractivity contribution in [3.05, 3.63) is 66.7 Å². The number of benzene rings is 2. The number of nitrogens with zero attached hydrogens (tertiary/aromatic N) is 1. The van der Waals surface area contributed by atoms with E-state index in [1.165, 1.54) is 6.42 Å². The first-order valence-electron chi connectivity index (χ1n) is 14.1. The standard InChI is InChI=1S/C31H35N3O6/c1-38-19-18-34-27(29(36)33-20-8-4-2-5-9-20)31-17-16-24(40-31)25(26(31)30(34)37)28(35)32-21-12-14-23(15-13-21)39-22-10-6-3-7-11-22/h3,6-7,10-17,20,24-27H,2,4-5,8-9,18-19H2,1H3,(H,32,35)(H,33,36)/t24-,25?,26-,27?,31?/m1/s1. The molecule has 3 unspecified atom stereocenters. The highest BCUT2D eigenvalue weighted by molar-refractivity contribution is 6.02. The second-order valence-electron chi connectivity index (χ2n) is 11.0. The summed E-state index contributed by atoms with van der Waals surface area (Å²) >= 11 is 0. The first-order valence-corrected chi connectivity index (χ1v) is 14.1. The molecule has 3 amide bonds. The zero-order chi connectivity index (χ0) is 27.7. The molecule has 2 aromatic rings. The fourth-order valence-corrected chi connectivity index (χ4v) is 6.68. The number of methoxy groups -OCH3 is 1. The number of amides is 3. The van der Waals surface area contributed by atoms with E-state index in [9.17, 15) is 14.4 Å². The van der Waals surface area contributed by atoms with E-state index >= 15 is 0 Å². The van der Waals surface area contributed by atoms with Crippen LogP contribution in [0.2, 0.25) is 0 Å². The van der Waals surface area contributed by atoms with Gasteiger partial charge >= 0.3 is 0 Å². The second kappa shape index (κ2) is 11.1. The fourth-order valence-electron chi connectivity index (χ4n) is 6.68. The van der Waals surface area contributed by atoms with Crippen molar-refractivity contribution < 1.29 is 28.6 Å². The number of para-hydroxylation sites is 1. The van der Waals surface area contributed by atoms with Crippen LogP contribution in [0.1, 0.15) is 32.1 Å². The minimum atomic E-state index is -1.18. The molecule has 2 N–H and O–H groups in total. The van der Waals surface area contributed by atoms with Crippen LogP contribution in [0.15, 0.2) is 66.7 Å². The van der Waals surface area contributed by atoms with Crippen LogP contribution in [0.3, 0.4) is 0 Å². The van der Waals surface area contributed by atoms with Crippen LogP contribution in [0.25, 0.3) is 0 Å². The minimum absolute atomic E-state index is 0.0894. The van der Waals surface area contributed by atoms with Gasteiger partial charge < -0.3 is 29.7 Å². The topological polar surface area (TPSA) is 106 Å². The van der Waals surface area contributed by atoms with Crippen molar-refractivity contribution in [1.29, 1.82) is 0 Å². The maximum Gasteiger partial charge on any atom is 0.246 e. The average molecular weight is 546 g/mol. The van der Waals surface area contributed by atoms with Gasteiger partial charge in [-0.3, -0.25) is 14.4 Å². The number of anilines is 1. The summed E-state index contributed by atoms with van der Waals surface area (Å²) in [6.45, 7) is 0.526. The first-order chi connectivity index (χ1) is 19.5. The summed E-state index contributed by atoms with van der Waals surface area (Å²) in [5, 5.41) is 6.14. The highest BCUT2D eigenvalue weighted by atomic mass is 16.5. The minimum Gasteiger partial charge on any atom is -0.457 e. The molecule has 6 rings (SSSR count). The smallest absolute Gasteiger partial charge is 0.246 e. The summed E-state index contributed by atoms with van der Waals surface area (Å²) in [4.78, 5) is 42.7. The fraction of sp³-hybridized carbons (Fsp3) is 0.452. The van der Waals surface area contributed by atoms with Gasteiger partial charge in [-0.25, -0.2) is 0 Å². The number of fused-ring (bicyclic) bond motifs is 1. The highest BCUT2D eigenvalue weighted by Crippen LogP contribution is 2.55. The molecule has 3 aliphatic heterocycles. The Bertz CT molecular complexity index is 1280. The van der Waals surface area contributed by atoms with Gasteiger partial charge in [0.05, 0.1) is 24.5 Å². The molecule has 210 valence electrons. The number of rotatable bonds is 9. The van der Waals surface area contributed by atoms with E-state index in [1.807, 2.05) is 42.5 Å². The Morgan fingerprint density at radius 1 is 1.00 bits per heavy atom. The molecule has 2 bridgehead atoms. The summed E-state index contributed by atoms with van der Waals surface area (Å²) in [5.41, 5.74) is -0.594. The monoisotopic (exact) mass is 545 g/mol. The van der Waals surface area contributed by atoms with Crippen LogP contribution >= 0.6 is 0 Å². The Morgan fingerprint density at radius 3 is 2.45 bits per heavy atom. The van der Waals surface area contributed by atoms with Gasteiger partial charge in [0.15, 0.2) is 0 Å². The van der Waals surface area contributed by atoms with Crippen molar-refractivity contribution in [3.63, 3.8) is 0 Å². The van der Waals surface area contributed by atoms with Crippen LogP contribution in [0, 0.1) is 11.8 Å². The third-order valence-electron chi connectivity index (χ3n) is 8.51. The first kappa shape index (κ1) is 26.5. The van der Waals surface area contributed by atoms with Gasteiger partial charge in [-0.2, -0.15) is 0 Å². The highest BCUT2D eigenvalue weighted by Gasteiger charge is 2.72. The zero-order valence-corrected chi connectivity index (χ0v) is 22.6. The number of carbonyl (C=O) groups excluding carboxylic acids is 3. The van der Waals surface area contributed by atoms with Gasteiger partial charge in [0.1, 0.15) is 23.1 Å². The number of carbonyl (C=O) groups is 3. The van der Waals surface area contributed by atoms with Gasteiger partial charge in [-0.15, -0.1) is 0 Å². The van der Waals surface area contributed by atoms with Crippen LogP contribution in [0.5, 0.6) is 11.5 Å². The Labute approximate surface area is 233 Å². The Hall–Kier alpha value is -3.69. The lowest BCUT2D eigenvalue weighted by Crippen LogP contribution is -2.57. The van der Waals surface area contributed by atoms with Crippen molar-refractivity contribution in [2.75, 3.05) is 25.6 Å². The molecular formula is C31H35N3O6. The second-order valence-corrected chi connectivity index (χ2v) is 11.0. The molecule has 1 saturated carbocycles. The molecule has 4 aliphatic rings. The van der Waals surface area contributed by atoms with Crippen LogP contribution in [-0.2, 0) is 23.9 Å². The molecule has 0 radical (unpaired) electrons. The van der Waals surface area contributed by atoms with E-state index in [0.29, 0.717) is 11.4 Å². The van der Waals surface area contributed by atoms with E-state index < -0.39 is 29.6 Å². The third-order valence-corrected chi connectivity index (χ3v) is 8.51. The van der Waals surface area contributed by atoms with Crippen molar-refractivity contribution in [2.45, 2.75) is 55.9 Å². The van der Waals surface area contributed by atoms with Crippen molar-refractivity contribution >= 4 is 23.4 Å². The lowest BCUT2D eigenvalue weighted by Gasteiger charge is -2.34. The maximum atomic E-state index is 13.9. The van der Waals surface area contributed by atoms with Crippen LogP contribution in [0.4, 0.5) is 5.69 Å². The largest absolute Gasteiger partial charge is 0.457 e. The van der Waals surface area contributed by atoms with Crippen molar-refractivity contribution in [3.8, 4) is 11.5 Å². The van der Waals surface area contributed by atoms with Gasteiger partial charge in [0, 0.05) is 25.4 Å². The Morgan fingerprint density at radius 2 is 1.73 bits per heavy atom. The third kappa shape index (κ3) is 4.77. The number of likely N-dealkylation sites (tertiary alicyclic amines) is 1. The van der Waals surface area contributed by atoms with Gasteiger partial charge in [0.2, 0.25) is 17.7 Å². The number of hydrogen-bond acceptors (Lipinski definition) is 6. The molecule has 3 fully saturated rings. The van der Waals surface area contributed by atoms with E-state index in [4.69, 9.17) is 14.2 Å². The van der Waals surface area contributed by atoms with E-state index in [-0.39, 0.29) is 36.9 Å². The van der Waals surface area contributed by atoms with E-state index in [0.717, 1.165) is 31.4 Å². The molecule has 2 aromatic carbocycles. The summed E-state index contributed by atoms with van der Waals surface area (Å²) in [6, 6.07) is 15.8. The number of hydrogen-bond donors (Lipinski definition) is 2. The lowest BCUT2D eigenvalue weighted by atomic mass is 9.74. The molecule has 2 saturated heterocycles. The molecule has 0 aromatic heterocycles. The zero-order valence-electron chi connectivity index (χ0n) is 22.6. The van der Waals surface area contributed by atoms with Crippen LogP contribution < -0.4 is 15.4 Å². The number of ether oxygens (including phenoxy) is 3. The van der Waals surface area contributed by atoms with Gasteiger partial charge in [-0.05, 0) is 49.2 Å². The van der Waals surface area contributed by atoms with Crippen molar-refractivity contribution in [1.82, 2.24) is 10.2 Å². The van der Waals surface area contributed by atoms with E-state index in [2.05, 4.69) is 10.6 Å². The SMILES string of the molecule is COCCN1C(=O)[C@H]2C(C(=O)Nc3ccc(Oc4ccccc4)cc3)[C@H]3C=CC2(O3)C1C(=O)NC1CCCCC1. The maximum absolute atomic E-state index is 13.9. The summed E-state index contributed by atoms with van der Waals surface area (Å²) < 4.78 is 17.5. The Kier molecular flexibility index (Phi) is 7.33. The summed E-state index contributed by atoms with van der Waals surface area (Å²) in [6.07, 6.45) is 8.27. The van der Waals surface area contributed by atoms with Gasteiger partial charge in [-0.1, -0.05) is 49.6 Å². The van der Waals surface area contributed by atoms with E-state index in [1.54, 1.807) is 36.3 Å². The summed E-state index contributed by atoms with van der Waals surface area (Å²) in [5.74, 6) is -0.973. The molecule has 9 nitrogen and oxygen atoms in total. The normalized spacial score (nSPS) is 28.9. The predicted molar refractivity (Wildman–Crippen MR) is 148 cm³/mol. The molecule has 1 aliphatic carbocycles. The molecule has 40 heavy (non-hydrogen) atoms. The van der Waals surface area contributed by atoms with Crippen LogP contribution in [-0.4, -0.2) is 66.7 Å². The summed E-state index contributed by atoms with van der Waals surface area (Å²) in [7, 11) is 1.56. The molecule has 9 heteroatoms. The quantitative estimate of drug-likeness (QED) is 0.466. The lowest BCUT2D eigenvalue weighted by molar-refractivity contribution is -0.142. The number of nitrogens with one attached hydrogen (secondary N) is 2. The average Bonchev–Trinajstić information content (AvgIpc) is 3.61. The molecule has 1 spiro atoms. The van der Waals surface area contributed by atoms with Crippen molar-refractivity contribution in [2.24, 2.45) is 11.8 Å². The molecule has 5 atom stereocenters. The Balaban J connectivity index is 1.20.